The first-order valence-electron chi connectivity index (χ1n) is 9.27. The first-order chi connectivity index (χ1) is 13.8. The summed E-state index contributed by atoms with van der Waals surface area (Å²) in [7, 11) is 1.78. The zero-order valence-electron chi connectivity index (χ0n) is 16.5. The summed E-state index contributed by atoms with van der Waals surface area (Å²) < 4.78 is 20.5. The van der Waals surface area contributed by atoms with E-state index >= 15 is 0 Å². The maximum atomic E-state index is 13.2. The van der Waals surface area contributed by atoms with E-state index in [-0.39, 0.29) is 29.2 Å². The Hall–Kier alpha value is -3.42. The van der Waals surface area contributed by atoms with Gasteiger partial charge in [-0.3, -0.25) is 9.59 Å². The zero-order valence-corrected chi connectivity index (χ0v) is 16.5. The molecular weight excluding hydrogens is 375 g/mol. The van der Waals surface area contributed by atoms with Gasteiger partial charge < -0.3 is 19.6 Å². The largest absolute Gasteiger partial charge is 0.443 e. The molecular formula is C21H23FN4O3. The van der Waals surface area contributed by atoms with E-state index < -0.39 is 6.04 Å². The fourth-order valence-electron chi connectivity index (χ4n) is 2.94. The predicted molar refractivity (Wildman–Crippen MR) is 105 cm³/mol. The van der Waals surface area contributed by atoms with Gasteiger partial charge in [0.05, 0.1) is 0 Å². The molecule has 2 aromatic heterocycles. The molecule has 3 aromatic rings. The number of carbonyl (C=O) groups excluding carboxylic acids is 2. The minimum atomic E-state index is -0.509. The van der Waals surface area contributed by atoms with Gasteiger partial charge in [0, 0.05) is 19.8 Å². The SMILES string of the molecule is Cc1oc([C@@H](C)NC(=O)c2cccn2C)nc1C(=O)NCCc1cccc(F)c1. The number of aryl methyl sites for hydroxylation is 2. The van der Waals surface area contributed by atoms with Gasteiger partial charge in [-0.15, -0.1) is 0 Å². The molecule has 0 aliphatic heterocycles. The van der Waals surface area contributed by atoms with Crippen molar-refractivity contribution >= 4 is 11.8 Å². The highest BCUT2D eigenvalue weighted by atomic mass is 19.1. The lowest BCUT2D eigenvalue weighted by molar-refractivity contribution is 0.0924. The van der Waals surface area contributed by atoms with Gasteiger partial charge in [-0.25, -0.2) is 9.37 Å². The third-order valence-corrected chi connectivity index (χ3v) is 4.51. The Morgan fingerprint density at radius 3 is 2.72 bits per heavy atom. The average molecular weight is 398 g/mol. The number of nitrogens with one attached hydrogen (secondary N) is 2. The number of nitrogens with zero attached hydrogens (tertiary/aromatic N) is 2. The fraction of sp³-hybridized carbons (Fsp3) is 0.286. The number of amides is 2. The number of benzene rings is 1. The minimum Gasteiger partial charge on any atom is -0.443 e. The fourth-order valence-corrected chi connectivity index (χ4v) is 2.94. The summed E-state index contributed by atoms with van der Waals surface area (Å²) >= 11 is 0. The Kier molecular flexibility index (Phi) is 6.11. The Balaban J connectivity index is 1.59. The van der Waals surface area contributed by atoms with Crippen LogP contribution < -0.4 is 10.6 Å². The van der Waals surface area contributed by atoms with Gasteiger partial charge in [-0.2, -0.15) is 0 Å². The van der Waals surface area contributed by atoms with Crippen LogP contribution in [0.3, 0.4) is 0 Å². The van der Waals surface area contributed by atoms with Gasteiger partial charge in [-0.1, -0.05) is 12.1 Å². The molecule has 0 saturated heterocycles. The number of hydrogen-bond acceptors (Lipinski definition) is 4. The standard InChI is InChI=1S/C21H23FN4O3/c1-13(24-19(27)17-8-5-11-26(17)3)21-25-18(14(2)29-21)20(28)23-10-9-15-6-4-7-16(22)12-15/h4-8,11-13H,9-10H2,1-3H3,(H,23,28)(H,24,27)/t13-/m1/s1. The molecule has 7 nitrogen and oxygen atoms in total. The minimum absolute atomic E-state index is 0.166. The lowest BCUT2D eigenvalue weighted by atomic mass is 10.1. The highest BCUT2D eigenvalue weighted by Gasteiger charge is 2.22. The molecule has 152 valence electrons. The summed E-state index contributed by atoms with van der Waals surface area (Å²) in [5.74, 6) is -0.336. The third kappa shape index (κ3) is 4.90. The molecule has 0 spiro atoms. The van der Waals surface area contributed by atoms with Gasteiger partial charge in [0.1, 0.15) is 23.3 Å². The molecule has 0 saturated carbocycles. The summed E-state index contributed by atoms with van der Waals surface area (Å²) in [6, 6.07) is 9.21. The van der Waals surface area contributed by atoms with Crippen LogP contribution in [-0.2, 0) is 13.5 Å². The molecule has 0 aliphatic carbocycles. The van der Waals surface area contributed by atoms with E-state index in [1.165, 1.54) is 12.1 Å². The number of aromatic nitrogens is 2. The molecule has 0 bridgehead atoms. The molecule has 3 rings (SSSR count). The molecule has 0 unspecified atom stereocenters. The quantitative estimate of drug-likeness (QED) is 0.640. The van der Waals surface area contributed by atoms with Gasteiger partial charge in [0.2, 0.25) is 5.89 Å². The zero-order chi connectivity index (χ0) is 21.0. The van der Waals surface area contributed by atoms with Crippen LogP contribution >= 0.6 is 0 Å². The maximum Gasteiger partial charge on any atom is 0.273 e. The van der Waals surface area contributed by atoms with Gasteiger partial charge in [0.15, 0.2) is 5.69 Å². The second kappa shape index (κ2) is 8.72. The van der Waals surface area contributed by atoms with Crippen molar-refractivity contribution in [3.05, 3.63) is 77.0 Å². The van der Waals surface area contributed by atoms with E-state index in [1.807, 2.05) is 0 Å². The van der Waals surface area contributed by atoms with E-state index in [0.29, 0.717) is 24.4 Å². The van der Waals surface area contributed by atoms with Crippen LogP contribution in [0.2, 0.25) is 0 Å². The van der Waals surface area contributed by atoms with Crippen LogP contribution in [0.15, 0.2) is 47.0 Å². The lowest BCUT2D eigenvalue weighted by Crippen LogP contribution is -2.29. The molecule has 0 radical (unpaired) electrons. The van der Waals surface area contributed by atoms with Gasteiger partial charge >= 0.3 is 0 Å². The first-order valence-corrected chi connectivity index (χ1v) is 9.27. The summed E-state index contributed by atoms with van der Waals surface area (Å²) in [4.78, 5) is 29.0. The Morgan fingerprint density at radius 1 is 1.24 bits per heavy atom. The van der Waals surface area contributed by atoms with Crippen molar-refractivity contribution < 1.29 is 18.4 Å². The molecule has 2 amide bonds. The van der Waals surface area contributed by atoms with Crippen LogP contribution in [0.5, 0.6) is 0 Å². The Morgan fingerprint density at radius 2 is 2.03 bits per heavy atom. The van der Waals surface area contributed by atoms with Crippen molar-refractivity contribution in [1.82, 2.24) is 20.2 Å². The number of rotatable bonds is 7. The van der Waals surface area contributed by atoms with Crippen molar-refractivity contribution in [3.8, 4) is 0 Å². The summed E-state index contributed by atoms with van der Waals surface area (Å²) in [5.41, 5.74) is 1.47. The highest BCUT2D eigenvalue weighted by molar-refractivity contribution is 5.93. The summed E-state index contributed by atoms with van der Waals surface area (Å²) in [6.07, 6.45) is 2.28. The molecule has 8 heteroatoms. The van der Waals surface area contributed by atoms with Crippen molar-refractivity contribution in [2.45, 2.75) is 26.3 Å². The van der Waals surface area contributed by atoms with E-state index in [1.54, 1.807) is 55.9 Å². The van der Waals surface area contributed by atoms with E-state index in [4.69, 9.17) is 4.42 Å². The van der Waals surface area contributed by atoms with Gasteiger partial charge in [0.25, 0.3) is 11.8 Å². The van der Waals surface area contributed by atoms with Crippen molar-refractivity contribution in [2.24, 2.45) is 7.05 Å². The van der Waals surface area contributed by atoms with Crippen LogP contribution in [0.25, 0.3) is 0 Å². The maximum absolute atomic E-state index is 13.2. The van der Waals surface area contributed by atoms with Crippen molar-refractivity contribution in [1.29, 1.82) is 0 Å². The molecule has 1 atom stereocenters. The number of oxazole rings is 1. The summed E-state index contributed by atoms with van der Waals surface area (Å²) in [6.45, 7) is 3.71. The normalized spacial score (nSPS) is 11.9. The van der Waals surface area contributed by atoms with E-state index in [9.17, 15) is 14.0 Å². The monoisotopic (exact) mass is 398 g/mol. The number of halogens is 1. The molecule has 0 aliphatic rings. The van der Waals surface area contributed by atoms with Crippen LogP contribution in [0.1, 0.15) is 51.2 Å². The lowest BCUT2D eigenvalue weighted by Gasteiger charge is -2.10. The topological polar surface area (TPSA) is 89.2 Å². The number of carbonyl (C=O) groups is 2. The van der Waals surface area contributed by atoms with Crippen LogP contribution in [0, 0.1) is 12.7 Å². The second-order valence-electron chi connectivity index (χ2n) is 6.79. The molecule has 1 aromatic carbocycles. The van der Waals surface area contributed by atoms with Crippen LogP contribution in [-0.4, -0.2) is 27.9 Å². The van der Waals surface area contributed by atoms with E-state index in [0.717, 1.165) is 5.56 Å². The van der Waals surface area contributed by atoms with Crippen molar-refractivity contribution in [2.75, 3.05) is 6.54 Å². The Labute approximate surface area is 167 Å². The van der Waals surface area contributed by atoms with Crippen molar-refractivity contribution in [3.63, 3.8) is 0 Å². The smallest absolute Gasteiger partial charge is 0.273 e. The average Bonchev–Trinajstić information content (AvgIpc) is 3.27. The predicted octanol–water partition coefficient (Wildman–Crippen LogP) is 2.92. The molecule has 2 heterocycles. The second-order valence-corrected chi connectivity index (χ2v) is 6.79. The number of hydrogen-bond donors (Lipinski definition) is 2. The van der Waals surface area contributed by atoms with Gasteiger partial charge in [-0.05, 0) is 50.1 Å². The Bertz CT molecular complexity index is 1020. The molecule has 29 heavy (non-hydrogen) atoms. The third-order valence-electron chi connectivity index (χ3n) is 4.51. The first kappa shape index (κ1) is 20.3. The molecule has 2 N–H and O–H groups in total. The summed E-state index contributed by atoms with van der Waals surface area (Å²) in [5, 5.41) is 5.56. The molecule has 0 fully saturated rings. The highest BCUT2D eigenvalue weighted by Crippen LogP contribution is 2.17. The van der Waals surface area contributed by atoms with Crippen LogP contribution in [0.4, 0.5) is 4.39 Å². The van der Waals surface area contributed by atoms with E-state index in [2.05, 4.69) is 15.6 Å².